The fourth-order valence-electron chi connectivity index (χ4n) is 3.86. The van der Waals surface area contributed by atoms with Gasteiger partial charge in [0.2, 0.25) is 5.91 Å². The average molecular weight is 360 g/mol. The van der Waals surface area contributed by atoms with Crippen molar-refractivity contribution in [2.24, 2.45) is 0 Å². The van der Waals surface area contributed by atoms with Crippen LogP contribution in [0.5, 0.6) is 0 Å². The lowest BCUT2D eigenvalue weighted by Gasteiger charge is -2.27. The first-order chi connectivity index (χ1) is 13.2. The standard InChI is InChI=1S/C22H24N4O/c23-19-10-4-2-7-17(19)12-13-22(27)25-21-14-15-24-26(21)20-11-5-8-16-6-1-3-9-18(16)20/h1-4,6-7,9-10,14-15,20H,5,8,11-13,23H2,(H,25,27). The predicted octanol–water partition coefficient (Wildman–Crippen LogP) is 3.96. The van der Waals surface area contributed by atoms with Crippen molar-refractivity contribution in [1.29, 1.82) is 0 Å². The first-order valence-corrected chi connectivity index (χ1v) is 9.47. The third-order valence-electron chi connectivity index (χ3n) is 5.25. The maximum Gasteiger partial charge on any atom is 0.225 e. The molecule has 0 saturated carbocycles. The lowest BCUT2D eigenvalue weighted by atomic mass is 9.88. The second kappa shape index (κ2) is 7.66. The summed E-state index contributed by atoms with van der Waals surface area (Å²) in [6, 6.07) is 18.2. The Kier molecular flexibility index (Phi) is 4.92. The van der Waals surface area contributed by atoms with E-state index in [-0.39, 0.29) is 11.9 Å². The molecule has 3 N–H and O–H groups in total. The van der Waals surface area contributed by atoms with Gasteiger partial charge in [0, 0.05) is 18.2 Å². The van der Waals surface area contributed by atoms with Crippen LogP contribution in [-0.4, -0.2) is 15.7 Å². The molecule has 0 bridgehead atoms. The highest BCUT2D eigenvalue weighted by Crippen LogP contribution is 2.34. The molecule has 0 fully saturated rings. The Bertz CT molecular complexity index is 947. The van der Waals surface area contributed by atoms with Crippen LogP contribution in [0, 0.1) is 0 Å². The van der Waals surface area contributed by atoms with Gasteiger partial charge in [0.1, 0.15) is 5.82 Å². The Morgan fingerprint density at radius 3 is 2.85 bits per heavy atom. The summed E-state index contributed by atoms with van der Waals surface area (Å²) in [6.45, 7) is 0. The minimum Gasteiger partial charge on any atom is -0.399 e. The zero-order chi connectivity index (χ0) is 18.6. The van der Waals surface area contributed by atoms with Crippen LogP contribution in [0.4, 0.5) is 11.5 Å². The first-order valence-electron chi connectivity index (χ1n) is 9.47. The summed E-state index contributed by atoms with van der Waals surface area (Å²) >= 11 is 0. The van der Waals surface area contributed by atoms with Gasteiger partial charge in [0.05, 0.1) is 12.2 Å². The van der Waals surface area contributed by atoms with Gasteiger partial charge in [-0.25, -0.2) is 4.68 Å². The summed E-state index contributed by atoms with van der Waals surface area (Å²) in [5.74, 6) is 0.729. The maximum absolute atomic E-state index is 12.5. The second-order valence-corrected chi connectivity index (χ2v) is 7.01. The van der Waals surface area contributed by atoms with Crippen LogP contribution in [-0.2, 0) is 17.6 Å². The van der Waals surface area contributed by atoms with E-state index in [0.717, 1.165) is 36.3 Å². The van der Waals surface area contributed by atoms with Crippen molar-refractivity contribution in [3.63, 3.8) is 0 Å². The highest BCUT2D eigenvalue weighted by molar-refractivity contribution is 5.90. The monoisotopic (exact) mass is 360 g/mol. The normalized spacial score (nSPS) is 15.9. The number of benzene rings is 2. The Morgan fingerprint density at radius 1 is 1.15 bits per heavy atom. The number of nitrogens with two attached hydrogens (primary N) is 1. The molecular weight excluding hydrogens is 336 g/mol. The van der Waals surface area contributed by atoms with Crippen LogP contribution in [0.2, 0.25) is 0 Å². The highest BCUT2D eigenvalue weighted by atomic mass is 16.1. The number of nitrogens with zero attached hydrogens (tertiary/aromatic N) is 2. The minimum absolute atomic E-state index is 0.0240. The van der Waals surface area contributed by atoms with Gasteiger partial charge in [-0.3, -0.25) is 4.79 Å². The van der Waals surface area contributed by atoms with Gasteiger partial charge in [0.15, 0.2) is 0 Å². The molecule has 1 aliphatic rings. The summed E-state index contributed by atoms with van der Waals surface area (Å²) in [6.07, 6.45) is 6.03. The number of aryl methyl sites for hydroxylation is 2. The van der Waals surface area contributed by atoms with Crippen molar-refractivity contribution in [2.45, 2.75) is 38.1 Å². The molecule has 5 nitrogen and oxygen atoms in total. The minimum atomic E-state index is -0.0240. The average Bonchev–Trinajstić information content (AvgIpc) is 3.14. The molecule has 3 aromatic rings. The van der Waals surface area contributed by atoms with Crippen LogP contribution < -0.4 is 11.1 Å². The van der Waals surface area contributed by atoms with Gasteiger partial charge in [0.25, 0.3) is 0 Å². The number of hydrogen-bond donors (Lipinski definition) is 2. The molecule has 1 amide bonds. The molecule has 0 aliphatic heterocycles. The molecule has 0 spiro atoms. The predicted molar refractivity (Wildman–Crippen MR) is 108 cm³/mol. The maximum atomic E-state index is 12.5. The zero-order valence-electron chi connectivity index (χ0n) is 15.3. The number of carbonyl (C=O) groups is 1. The Hall–Kier alpha value is -3.08. The van der Waals surface area contributed by atoms with Crippen LogP contribution in [0.25, 0.3) is 0 Å². The SMILES string of the molecule is Nc1ccccc1CCC(=O)Nc1ccnn1C1CCCc2ccccc21. The van der Waals surface area contributed by atoms with E-state index in [1.807, 2.05) is 35.0 Å². The lowest BCUT2D eigenvalue weighted by Crippen LogP contribution is -2.22. The van der Waals surface area contributed by atoms with Crippen LogP contribution >= 0.6 is 0 Å². The largest absolute Gasteiger partial charge is 0.399 e. The van der Waals surface area contributed by atoms with Crippen LogP contribution in [0.15, 0.2) is 60.8 Å². The molecule has 1 aromatic heterocycles. The number of anilines is 2. The van der Waals surface area contributed by atoms with E-state index in [9.17, 15) is 4.79 Å². The molecule has 138 valence electrons. The Morgan fingerprint density at radius 2 is 1.96 bits per heavy atom. The number of rotatable bonds is 5. The highest BCUT2D eigenvalue weighted by Gasteiger charge is 2.24. The van der Waals surface area contributed by atoms with E-state index in [4.69, 9.17) is 5.73 Å². The van der Waals surface area contributed by atoms with Crippen molar-refractivity contribution in [3.05, 3.63) is 77.5 Å². The molecule has 5 heteroatoms. The van der Waals surface area contributed by atoms with Gasteiger partial charge in [-0.15, -0.1) is 0 Å². The van der Waals surface area contributed by atoms with E-state index in [1.165, 1.54) is 11.1 Å². The third kappa shape index (κ3) is 3.72. The number of hydrogen-bond acceptors (Lipinski definition) is 3. The molecule has 2 aromatic carbocycles. The van der Waals surface area contributed by atoms with Gasteiger partial charge in [-0.1, -0.05) is 42.5 Å². The quantitative estimate of drug-likeness (QED) is 0.676. The summed E-state index contributed by atoms with van der Waals surface area (Å²) < 4.78 is 1.95. The number of nitrogens with one attached hydrogen (secondary N) is 1. The van der Waals surface area contributed by atoms with E-state index >= 15 is 0 Å². The summed E-state index contributed by atoms with van der Waals surface area (Å²) in [5, 5.41) is 7.54. The molecular formula is C22H24N4O. The van der Waals surface area contributed by atoms with Gasteiger partial charge < -0.3 is 11.1 Å². The van der Waals surface area contributed by atoms with Crippen molar-refractivity contribution >= 4 is 17.4 Å². The van der Waals surface area contributed by atoms with Crippen molar-refractivity contribution in [2.75, 3.05) is 11.1 Å². The number of nitrogen functional groups attached to an aromatic ring is 1. The summed E-state index contributed by atoms with van der Waals surface area (Å²) in [4.78, 5) is 12.5. The fourth-order valence-corrected chi connectivity index (χ4v) is 3.86. The Labute approximate surface area is 159 Å². The molecule has 0 saturated heterocycles. The second-order valence-electron chi connectivity index (χ2n) is 7.01. The molecule has 1 heterocycles. The van der Waals surface area contributed by atoms with Gasteiger partial charge in [-0.05, 0) is 48.4 Å². The van der Waals surface area contributed by atoms with E-state index in [1.54, 1.807) is 6.20 Å². The van der Waals surface area contributed by atoms with Crippen molar-refractivity contribution in [3.8, 4) is 0 Å². The van der Waals surface area contributed by atoms with Gasteiger partial charge >= 0.3 is 0 Å². The van der Waals surface area contributed by atoms with E-state index in [2.05, 4.69) is 34.7 Å². The van der Waals surface area contributed by atoms with Crippen LogP contribution in [0.3, 0.4) is 0 Å². The first kappa shape index (κ1) is 17.3. The topological polar surface area (TPSA) is 72.9 Å². The fraction of sp³-hybridized carbons (Fsp3) is 0.273. The lowest BCUT2D eigenvalue weighted by molar-refractivity contribution is -0.116. The molecule has 27 heavy (non-hydrogen) atoms. The summed E-state index contributed by atoms with van der Waals surface area (Å²) in [7, 11) is 0. The number of para-hydroxylation sites is 1. The number of fused-ring (bicyclic) bond motifs is 1. The molecule has 0 radical (unpaired) electrons. The van der Waals surface area contributed by atoms with Crippen molar-refractivity contribution in [1.82, 2.24) is 9.78 Å². The number of amides is 1. The molecule has 4 rings (SSSR count). The third-order valence-corrected chi connectivity index (χ3v) is 5.25. The Balaban J connectivity index is 1.47. The van der Waals surface area contributed by atoms with E-state index in [0.29, 0.717) is 12.8 Å². The summed E-state index contributed by atoms with van der Waals surface area (Å²) in [5.41, 5.74) is 10.4. The number of carbonyl (C=O) groups excluding carboxylic acids is 1. The molecule has 1 aliphatic carbocycles. The van der Waals surface area contributed by atoms with Crippen LogP contribution in [0.1, 0.15) is 42.0 Å². The zero-order valence-corrected chi connectivity index (χ0v) is 15.3. The molecule has 1 unspecified atom stereocenters. The molecule has 1 atom stereocenters. The number of aromatic nitrogens is 2. The van der Waals surface area contributed by atoms with Crippen molar-refractivity contribution < 1.29 is 4.79 Å². The smallest absolute Gasteiger partial charge is 0.225 e. The van der Waals surface area contributed by atoms with Gasteiger partial charge in [-0.2, -0.15) is 5.10 Å². The van der Waals surface area contributed by atoms with E-state index < -0.39 is 0 Å².